The van der Waals surface area contributed by atoms with Crippen LogP contribution in [0.4, 0.5) is 8.78 Å². The second kappa shape index (κ2) is 5.82. The number of hydrogen-bond donors (Lipinski definition) is 1. The Labute approximate surface area is 122 Å². The molecule has 2 unspecified atom stereocenters. The molecule has 110 valence electrons. The van der Waals surface area contributed by atoms with Gasteiger partial charge in [-0.05, 0) is 42.2 Å². The van der Waals surface area contributed by atoms with Crippen molar-refractivity contribution in [2.45, 2.75) is 24.9 Å². The number of rotatable bonds is 3. The molecule has 1 aliphatic rings. The van der Waals surface area contributed by atoms with Gasteiger partial charge in [0.1, 0.15) is 17.4 Å². The largest absolute Gasteiger partial charge is 0.493 e. The molecule has 21 heavy (non-hydrogen) atoms. The molecule has 0 spiro atoms. The fraction of sp³-hybridized carbons (Fsp3) is 0.294. The van der Waals surface area contributed by atoms with Crippen LogP contribution in [0.15, 0.2) is 42.5 Å². The van der Waals surface area contributed by atoms with Gasteiger partial charge in [0.2, 0.25) is 0 Å². The second-order valence-electron chi connectivity index (χ2n) is 5.33. The Bertz CT molecular complexity index is 622. The summed E-state index contributed by atoms with van der Waals surface area (Å²) in [5.41, 5.74) is 1.41. The standard InChI is InChI=1S/C17H16F2O2/c18-12-7-11(8-13(19)10-12)9-16(20)14-5-6-21-17-4-2-1-3-15(14)17/h1-4,7-8,10,14,16,20H,5-6,9H2. The molecule has 0 aliphatic carbocycles. The number of para-hydroxylation sites is 1. The highest BCUT2D eigenvalue weighted by Gasteiger charge is 2.27. The zero-order valence-electron chi connectivity index (χ0n) is 11.4. The van der Waals surface area contributed by atoms with Crippen LogP contribution in [-0.2, 0) is 6.42 Å². The van der Waals surface area contributed by atoms with Gasteiger partial charge in [0.05, 0.1) is 12.7 Å². The zero-order valence-corrected chi connectivity index (χ0v) is 11.4. The molecule has 1 aliphatic heterocycles. The zero-order chi connectivity index (χ0) is 14.8. The molecular weight excluding hydrogens is 274 g/mol. The van der Waals surface area contributed by atoms with Crippen molar-refractivity contribution < 1.29 is 18.6 Å². The Morgan fingerprint density at radius 1 is 1.14 bits per heavy atom. The summed E-state index contributed by atoms with van der Waals surface area (Å²) in [5, 5.41) is 10.5. The topological polar surface area (TPSA) is 29.5 Å². The third-order valence-electron chi connectivity index (χ3n) is 3.84. The van der Waals surface area contributed by atoms with Crippen molar-refractivity contribution >= 4 is 0 Å². The van der Waals surface area contributed by atoms with Gasteiger partial charge in [0.25, 0.3) is 0 Å². The first-order chi connectivity index (χ1) is 10.1. The lowest BCUT2D eigenvalue weighted by Crippen LogP contribution is -2.26. The van der Waals surface area contributed by atoms with Crippen molar-refractivity contribution in [1.29, 1.82) is 0 Å². The van der Waals surface area contributed by atoms with E-state index in [-0.39, 0.29) is 12.3 Å². The maximum absolute atomic E-state index is 13.2. The van der Waals surface area contributed by atoms with Gasteiger partial charge in [-0.3, -0.25) is 0 Å². The van der Waals surface area contributed by atoms with Gasteiger partial charge in [-0.25, -0.2) is 8.78 Å². The van der Waals surface area contributed by atoms with E-state index in [1.165, 1.54) is 12.1 Å². The van der Waals surface area contributed by atoms with Gasteiger partial charge in [0, 0.05) is 12.0 Å². The molecule has 1 heterocycles. The summed E-state index contributed by atoms with van der Waals surface area (Å²) in [6.45, 7) is 0.538. The van der Waals surface area contributed by atoms with E-state index in [4.69, 9.17) is 4.74 Å². The number of hydrogen-bond acceptors (Lipinski definition) is 2. The average molecular weight is 290 g/mol. The predicted molar refractivity (Wildman–Crippen MR) is 75.4 cm³/mol. The molecule has 0 saturated carbocycles. The first-order valence-electron chi connectivity index (χ1n) is 6.98. The van der Waals surface area contributed by atoms with Gasteiger partial charge in [-0.1, -0.05) is 18.2 Å². The van der Waals surface area contributed by atoms with E-state index in [9.17, 15) is 13.9 Å². The summed E-state index contributed by atoms with van der Waals surface area (Å²) in [4.78, 5) is 0. The van der Waals surface area contributed by atoms with Gasteiger partial charge in [0.15, 0.2) is 0 Å². The van der Waals surface area contributed by atoms with E-state index < -0.39 is 17.7 Å². The van der Waals surface area contributed by atoms with E-state index in [0.717, 1.165) is 17.4 Å². The fourth-order valence-electron chi connectivity index (χ4n) is 2.88. The maximum Gasteiger partial charge on any atom is 0.126 e. The number of halogens is 2. The number of fused-ring (bicyclic) bond motifs is 1. The second-order valence-corrected chi connectivity index (χ2v) is 5.33. The first kappa shape index (κ1) is 14.0. The summed E-state index contributed by atoms with van der Waals surface area (Å²) < 4.78 is 32.0. The molecule has 2 aromatic rings. The van der Waals surface area contributed by atoms with Crippen LogP contribution < -0.4 is 4.74 Å². The van der Waals surface area contributed by atoms with Crippen LogP contribution in [0.1, 0.15) is 23.5 Å². The van der Waals surface area contributed by atoms with Crippen molar-refractivity contribution in [2.24, 2.45) is 0 Å². The van der Waals surface area contributed by atoms with Gasteiger partial charge in [-0.15, -0.1) is 0 Å². The van der Waals surface area contributed by atoms with Gasteiger partial charge >= 0.3 is 0 Å². The molecule has 0 aromatic heterocycles. The molecule has 0 amide bonds. The number of benzene rings is 2. The van der Waals surface area contributed by atoms with Crippen LogP contribution in [-0.4, -0.2) is 17.8 Å². The monoisotopic (exact) mass is 290 g/mol. The molecule has 0 radical (unpaired) electrons. The predicted octanol–water partition coefficient (Wildman–Crippen LogP) is 3.43. The molecule has 0 fully saturated rings. The molecule has 3 rings (SSSR count). The molecule has 4 heteroatoms. The highest BCUT2D eigenvalue weighted by molar-refractivity contribution is 5.38. The Kier molecular flexibility index (Phi) is 3.88. The normalized spacial score (nSPS) is 18.7. The molecular formula is C17H16F2O2. The van der Waals surface area contributed by atoms with E-state index in [2.05, 4.69) is 0 Å². The van der Waals surface area contributed by atoms with Gasteiger partial charge < -0.3 is 9.84 Å². The Hall–Kier alpha value is -1.94. The smallest absolute Gasteiger partial charge is 0.126 e. The lowest BCUT2D eigenvalue weighted by molar-refractivity contribution is 0.116. The van der Waals surface area contributed by atoms with E-state index in [0.29, 0.717) is 18.6 Å². The van der Waals surface area contributed by atoms with Crippen molar-refractivity contribution in [3.63, 3.8) is 0 Å². The van der Waals surface area contributed by atoms with E-state index >= 15 is 0 Å². The molecule has 0 bridgehead atoms. The van der Waals surface area contributed by atoms with E-state index in [1.54, 1.807) is 0 Å². The first-order valence-corrected chi connectivity index (χ1v) is 6.98. The summed E-state index contributed by atoms with van der Waals surface area (Å²) in [5.74, 6) is -0.548. The molecule has 2 nitrogen and oxygen atoms in total. The highest BCUT2D eigenvalue weighted by Crippen LogP contribution is 2.36. The summed E-state index contributed by atoms with van der Waals surface area (Å²) in [6, 6.07) is 10.9. The van der Waals surface area contributed by atoms with Crippen LogP contribution in [0.2, 0.25) is 0 Å². The average Bonchev–Trinajstić information content (AvgIpc) is 2.45. The Morgan fingerprint density at radius 2 is 1.86 bits per heavy atom. The highest BCUT2D eigenvalue weighted by atomic mass is 19.1. The number of ether oxygens (including phenoxy) is 1. The third kappa shape index (κ3) is 3.05. The number of aliphatic hydroxyl groups excluding tert-OH is 1. The van der Waals surface area contributed by atoms with Crippen molar-refractivity contribution in [1.82, 2.24) is 0 Å². The summed E-state index contributed by atoms with van der Waals surface area (Å²) in [6.07, 6.45) is 0.208. The quantitative estimate of drug-likeness (QED) is 0.938. The SMILES string of the molecule is OC(Cc1cc(F)cc(F)c1)C1CCOc2ccccc21. The summed E-state index contributed by atoms with van der Waals surface area (Å²) in [7, 11) is 0. The lowest BCUT2D eigenvalue weighted by atomic mass is 9.85. The lowest BCUT2D eigenvalue weighted by Gasteiger charge is -2.29. The Morgan fingerprint density at radius 3 is 2.62 bits per heavy atom. The molecule has 2 atom stereocenters. The van der Waals surface area contributed by atoms with Crippen LogP contribution in [0.5, 0.6) is 5.75 Å². The van der Waals surface area contributed by atoms with Gasteiger partial charge in [-0.2, -0.15) is 0 Å². The fourth-order valence-corrected chi connectivity index (χ4v) is 2.88. The van der Waals surface area contributed by atoms with Crippen molar-refractivity contribution in [2.75, 3.05) is 6.61 Å². The van der Waals surface area contributed by atoms with Crippen LogP contribution >= 0.6 is 0 Å². The van der Waals surface area contributed by atoms with Crippen LogP contribution in [0.25, 0.3) is 0 Å². The van der Waals surface area contributed by atoms with Crippen LogP contribution in [0, 0.1) is 11.6 Å². The molecule has 0 saturated heterocycles. The minimum absolute atomic E-state index is 0.0821. The third-order valence-corrected chi connectivity index (χ3v) is 3.84. The van der Waals surface area contributed by atoms with Crippen molar-refractivity contribution in [3.8, 4) is 5.75 Å². The molecule has 1 N–H and O–H groups in total. The maximum atomic E-state index is 13.2. The summed E-state index contributed by atoms with van der Waals surface area (Å²) >= 11 is 0. The van der Waals surface area contributed by atoms with E-state index in [1.807, 2.05) is 24.3 Å². The van der Waals surface area contributed by atoms with Crippen LogP contribution in [0.3, 0.4) is 0 Å². The van der Waals surface area contributed by atoms with Crippen molar-refractivity contribution in [3.05, 3.63) is 65.2 Å². The minimum Gasteiger partial charge on any atom is -0.493 e. The molecule has 2 aromatic carbocycles. The Balaban J connectivity index is 1.81. The minimum atomic E-state index is -0.698. The number of aliphatic hydroxyl groups is 1.